The summed E-state index contributed by atoms with van der Waals surface area (Å²) in [4.78, 5) is 37.4. The maximum Gasteiger partial charge on any atom is 0.343 e. The van der Waals surface area contributed by atoms with E-state index in [-0.39, 0.29) is 18.2 Å². The average molecular weight is 435 g/mol. The van der Waals surface area contributed by atoms with E-state index in [1.807, 2.05) is 30.3 Å². The molecule has 1 N–H and O–H groups in total. The summed E-state index contributed by atoms with van der Waals surface area (Å²) < 4.78 is 6.52. The molecule has 1 aromatic heterocycles. The fraction of sp³-hybridized carbons (Fsp3) is 0.368. The van der Waals surface area contributed by atoms with Crippen molar-refractivity contribution in [2.75, 3.05) is 24.7 Å². The Hall–Kier alpha value is -2.46. The summed E-state index contributed by atoms with van der Waals surface area (Å²) in [6.07, 6.45) is 2.08. The molecule has 0 aliphatic carbocycles. The molecule has 0 saturated carbocycles. The Morgan fingerprint density at radius 1 is 1.31 bits per heavy atom. The van der Waals surface area contributed by atoms with Gasteiger partial charge >= 0.3 is 11.7 Å². The minimum Gasteiger partial charge on any atom is -0.463 e. The van der Waals surface area contributed by atoms with E-state index in [2.05, 4.69) is 10.2 Å². The van der Waals surface area contributed by atoms with Crippen molar-refractivity contribution in [2.45, 2.75) is 25.0 Å². The Morgan fingerprint density at radius 2 is 2.10 bits per heavy atom. The first-order chi connectivity index (χ1) is 14.1. The molecule has 0 bridgehead atoms. The highest BCUT2D eigenvalue weighted by molar-refractivity contribution is 8.04. The van der Waals surface area contributed by atoms with Crippen LogP contribution < -0.4 is 5.69 Å². The molecule has 0 unspecified atom stereocenters. The van der Waals surface area contributed by atoms with Crippen LogP contribution >= 0.6 is 23.5 Å². The third-order valence-electron chi connectivity index (χ3n) is 4.17. The quantitative estimate of drug-likeness (QED) is 0.366. The Kier molecular flexibility index (Phi) is 7.59. The standard InChI is InChI=1S/C19H22N4O4S2/c1-2-27-17(25)12-16-22(15(24)13-29-16)10-11-28-19-21-20-18(26)23(19)9-8-14-6-4-3-5-7-14/h3-7,12H,2,8-11,13H2,1H3,(H,20,26). The SMILES string of the molecule is CCOC(=O)C=C1SCC(=O)N1CCSc1n[nH]c(=O)n1CCc1ccccc1. The molecule has 1 aliphatic rings. The number of aryl methyl sites for hydroxylation is 1. The molecule has 1 amide bonds. The zero-order valence-corrected chi connectivity index (χ0v) is 17.6. The van der Waals surface area contributed by atoms with Crippen LogP contribution in [0.3, 0.4) is 0 Å². The number of carbonyl (C=O) groups is 2. The van der Waals surface area contributed by atoms with Gasteiger partial charge < -0.3 is 9.64 Å². The Labute approximate surface area is 176 Å². The zero-order valence-electron chi connectivity index (χ0n) is 16.0. The Morgan fingerprint density at radius 3 is 2.86 bits per heavy atom. The first kappa shape index (κ1) is 21.3. The predicted octanol–water partition coefficient (Wildman–Crippen LogP) is 1.89. The molecule has 0 radical (unpaired) electrons. The van der Waals surface area contributed by atoms with Gasteiger partial charge in [-0.25, -0.2) is 14.7 Å². The van der Waals surface area contributed by atoms with Gasteiger partial charge in [0.1, 0.15) is 0 Å². The van der Waals surface area contributed by atoms with E-state index < -0.39 is 5.97 Å². The third kappa shape index (κ3) is 5.77. The van der Waals surface area contributed by atoms with Crippen molar-refractivity contribution in [3.63, 3.8) is 0 Å². The number of carbonyl (C=O) groups excluding carboxylic acids is 2. The average Bonchev–Trinajstić information content (AvgIpc) is 3.24. The van der Waals surface area contributed by atoms with Crippen molar-refractivity contribution < 1.29 is 14.3 Å². The molecule has 2 heterocycles. The number of esters is 1. The molecule has 8 nitrogen and oxygen atoms in total. The summed E-state index contributed by atoms with van der Waals surface area (Å²) in [5.41, 5.74) is 0.893. The van der Waals surface area contributed by atoms with Crippen molar-refractivity contribution in [3.05, 3.63) is 57.5 Å². The van der Waals surface area contributed by atoms with Crippen LogP contribution in [-0.2, 0) is 27.3 Å². The fourth-order valence-electron chi connectivity index (χ4n) is 2.78. The van der Waals surface area contributed by atoms with Crippen LogP contribution in [0.4, 0.5) is 0 Å². The summed E-state index contributed by atoms with van der Waals surface area (Å²) in [5.74, 6) is 0.349. The number of hydrogen-bond donors (Lipinski definition) is 1. The van der Waals surface area contributed by atoms with Crippen LogP contribution in [0.2, 0.25) is 0 Å². The molecule has 0 atom stereocenters. The maximum absolute atomic E-state index is 12.1. The van der Waals surface area contributed by atoms with Gasteiger partial charge in [-0.05, 0) is 18.9 Å². The number of benzene rings is 1. The van der Waals surface area contributed by atoms with E-state index in [0.717, 1.165) is 12.0 Å². The molecule has 154 valence electrons. The maximum atomic E-state index is 12.1. The molecular weight excluding hydrogens is 412 g/mol. The number of H-pyrrole nitrogens is 1. The second kappa shape index (κ2) is 10.4. The number of nitrogens with zero attached hydrogens (tertiary/aromatic N) is 3. The minimum absolute atomic E-state index is 0.0466. The van der Waals surface area contributed by atoms with Crippen molar-refractivity contribution in [1.29, 1.82) is 0 Å². The van der Waals surface area contributed by atoms with Crippen LogP contribution in [0.1, 0.15) is 12.5 Å². The minimum atomic E-state index is -0.454. The van der Waals surface area contributed by atoms with Gasteiger partial charge in [-0.2, -0.15) is 0 Å². The first-order valence-corrected chi connectivity index (χ1v) is 11.2. The third-order valence-corrected chi connectivity index (χ3v) is 6.16. The largest absolute Gasteiger partial charge is 0.463 e. The monoisotopic (exact) mass is 434 g/mol. The lowest BCUT2D eigenvalue weighted by atomic mass is 10.1. The lowest BCUT2D eigenvalue weighted by Gasteiger charge is -2.16. The van der Waals surface area contributed by atoms with E-state index in [4.69, 9.17) is 4.74 Å². The van der Waals surface area contributed by atoms with E-state index in [9.17, 15) is 14.4 Å². The zero-order chi connectivity index (χ0) is 20.6. The Bertz CT molecular complexity index is 939. The number of aromatic amines is 1. The van der Waals surface area contributed by atoms with E-state index >= 15 is 0 Å². The first-order valence-electron chi connectivity index (χ1n) is 9.22. The van der Waals surface area contributed by atoms with Gasteiger partial charge in [0.25, 0.3) is 0 Å². The van der Waals surface area contributed by atoms with Crippen molar-refractivity contribution in [2.24, 2.45) is 0 Å². The second-order valence-electron chi connectivity index (χ2n) is 6.12. The van der Waals surface area contributed by atoms with E-state index in [1.165, 1.54) is 29.6 Å². The summed E-state index contributed by atoms with van der Waals surface area (Å²) in [6.45, 7) is 2.96. The topological polar surface area (TPSA) is 97.3 Å². The van der Waals surface area contributed by atoms with Crippen molar-refractivity contribution in [3.8, 4) is 0 Å². The molecule has 1 aromatic carbocycles. The Balaban J connectivity index is 1.58. The van der Waals surface area contributed by atoms with Gasteiger partial charge in [0.05, 0.1) is 23.5 Å². The lowest BCUT2D eigenvalue weighted by Crippen LogP contribution is -2.27. The number of aromatic nitrogens is 3. The molecule has 1 aliphatic heterocycles. The molecule has 0 spiro atoms. The second-order valence-corrected chi connectivity index (χ2v) is 8.17. The number of rotatable bonds is 9. The summed E-state index contributed by atoms with van der Waals surface area (Å²) in [7, 11) is 0. The van der Waals surface area contributed by atoms with Crippen molar-refractivity contribution in [1.82, 2.24) is 19.7 Å². The van der Waals surface area contributed by atoms with E-state index in [0.29, 0.717) is 34.8 Å². The predicted molar refractivity (Wildman–Crippen MR) is 113 cm³/mol. The normalized spacial score (nSPS) is 15.3. The number of ether oxygens (including phenoxy) is 1. The highest BCUT2D eigenvalue weighted by atomic mass is 32.2. The summed E-state index contributed by atoms with van der Waals surface area (Å²) in [5, 5.41) is 7.76. The van der Waals surface area contributed by atoms with Gasteiger partial charge in [-0.1, -0.05) is 53.9 Å². The molecule has 3 rings (SSSR count). The molecule has 29 heavy (non-hydrogen) atoms. The number of nitrogens with one attached hydrogen (secondary N) is 1. The van der Waals surface area contributed by atoms with Gasteiger partial charge in [0, 0.05) is 18.8 Å². The summed E-state index contributed by atoms with van der Waals surface area (Å²) >= 11 is 2.72. The van der Waals surface area contributed by atoms with Gasteiger partial charge in [0.15, 0.2) is 5.16 Å². The van der Waals surface area contributed by atoms with Gasteiger partial charge in [-0.3, -0.25) is 9.36 Å². The molecular formula is C19H22N4O4S2. The van der Waals surface area contributed by atoms with Crippen molar-refractivity contribution >= 4 is 35.4 Å². The van der Waals surface area contributed by atoms with Crippen LogP contribution in [0.25, 0.3) is 0 Å². The fourth-order valence-corrected chi connectivity index (χ4v) is 4.63. The number of amides is 1. The van der Waals surface area contributed by atoms with Crippen LogP contribution in [0.5, 0.6) is 0 Å². The molecule has 2 aromatic rings. The van der Waals surface area contributed by atoms with Gasteiger partial charge in [0.2, 0.25) is 5.91 Å². The van der Waals surface area contributed by atoms with Crippen LogP contribution in [0, 0.1) is 0 Å². The number of hydrogen-bond acceptors (Lipinski definition) is 7. The number of thioether (sulfide) groups is 2. The van der Waals surface area contributed by atoms with Gasteiger partial charge in [-0.15, -0.1) is 5.10 Å². The lowest BCUT2D eigenvalue weighted by molar-refractivity contribution is -0.137. The highest BCUT2D eigenvalue weighted by Gasteiger charge is 2.27. The molecule has 10 heteroatoms. The van der Waals surface area contributed by atoms with Crippen LogP contribution in [0.15, 0.2) is 51.4 Å². The molecule has 1 saturated heterocycles. The van der Waals surface area contributed by atoms with Crippen LogP contribution in [-0.4, -0.2) is 56.2 Å². The molecule has 1 fully saturated rings. The van der Waals surface area contributed by atoms with E-state index in [1.54, 1.807) is 16.4 Å². The summed E-state index contributed by atoms with van der Waals surface area (Å²) in [6, 6.07) is 9.93. The smallest absolute Gasteiger partial charge is 0.343 e. The highest BCUT2D eigenvalue weighted by Crippen LogP contribution is 2.29.